The van der Waals surface area contributed by atoms with Crippen molar-refractivity contribution in [3.05, 3.63) is 22.7 Å². The van der Waals surface area contributed by atoms with Gasteiger partial charge in [-0.1, -0.05) is 25.4 Å². The van der Waals surface area contributed by atoms with Crippen LogP contribution in [0.25, 0.3) is 0 Å². The Bertz CT molecular complexity index is 445. The summed E-state index contributed by atoms with van der Waals surface area (Å²) in [5, 5.41) is 6.32. The fourth-order valence-corrected chi connectivity index (χ4v) is 1.92. The molecule has 1 aromatic rings. The third-order valence-corrected chi connectivity index (χ3v) is 3.46. The van der Waals surface area contributed by atoms with E-state index in [1.165, 1.54) is 0 Å². The molecule has 19 heavy (non-hydrogen) atoms. The van der Waals surface area contributed by atoms with Gasteiger partial charge < -0.3 is 15.4 Å². The molecule has 0 aliphatic rings. The van der Waals surface area contributed by atoms with E-state index in [0.29, 0.717) is 16.5 Å². The van der Waals surface area contributed by atoms with Gasteiger partial charge in [-0.05, 0) is 31.4 Å². The van der Waals surface area contributed by atoms with Crippen LogP contribution in [0.1, 0.15) is 32.3 Å². The highest BCUT2D eigenvalue weighted by atomic mass is 35.5. The predicted octanol–water partition coefficient (Wildman–Crippen LogP) is 3.97. The molecule has 0 aromatic heterocycles. The summed E-state index contributed by atoms with van der Waals surface area (Å²) in [6, 6.07) is 3.45. The van der Waals surface area contributed by atoms with Gasteiger partial charge in [0.25, 0.3) is 0 Å². The van der Waals surface area contributed by atoms with Gasteiger partial charge in [0, 0.05) is 17.1 Å². The first kappa shape index (κ1) is 15.6. The van der Waals surface area contributed by atoms with Gasteiger partial charge in [-0.25, -0.2) is 4.79 Å². The lowest BCUT2D eigenvalue weighted by atomic mass is 10.2. The minimum atomic E-state index is -0.228. The maximum Gasteiger partial charge on any atom is 0.319 e. The van der Waals surface area contributed by atoms with Crippen molar-refractivity contribution in [3.8, 4) is 5.75 Å². The lowest BCUT2D eigenvalue weighted by molar-refractivity contribution is 0.247. The molecular formula is C14H21ClN2O2. The number of aryl methyl sites for hydroxylation is 1. The molecule has 0 aliphatic heterocycles. The van der Waals surface area contributed by atoms with E-state index in [2.05, 4.69) is 10.6 Å². The number of urea groups is 1. The van der Waals surface area contributed by atoms with Gasteiger partial charge in [-0.15, -0.1) is 0 Å². The number of methoxy groups -OCH3 is 1. The summed E-state index contributed by atoms with van der Waals surface area (Å²) in [7, 11) is 1.55. The summed E-state index contributed by atoms with van der Waals surface area (Å²) in [5.41, 5.74) is 1.51. The van der Waals surface area contributed by atoms with E-state index < -0.39 is 0 Å². The summed E-state index contributed by atoms with van der Waals surface area (Å²) < 4.78 is 5.21. The average molecular weight is 285 g/mol. The number of hydrogen-bond donors (Lipinski definition) is 2. The number of rotatable bonds is 5. The molecule has 0 heterocycles. The summed E-state index contributed by atoms with van der Waals surface area (Å²) in [6.07, 6.45) is 1.81. The zero-order valence-electron chi connectivity index (χ0n) is 11.8. The molecule has 2 N–H and O–H groups in total. The Balaban J connectivity index is 2.81. The Morgan fingerprint density at radius 3 is 2.53 bits per heavy atom. The molecule has 0 spiro atoms. The number of ether oxygens (including phenoxy) is 1. The maximum absolute atomic E-state index is 11.9. The molecule has 0 saturated heterocycles. The van der Waals surface area contributed by atoms with Crippen molar-refractivity contribution in [2.75, 3.05) is 12.4 Å². The first-order chi connectivity index (χ1) is 9.01. The summed E-state index contributed by atoms with van der Waals surface area (Å²) in [5.74, 6) is 0.551. The van der Waals surface area contributed by atoms with Crippen molar-refractivity contribution >= 4 is 23.3 Å². The molecule has 106 valence electrons. The van der Waals surface area contributed by atoms with Crippen molar-refractivity contribution in [2.24, 2.45) is 0 Å². The molecule has 0 bridgehead atoms. The third kappa shape index (κ3) is 4.31. The minimum Gasteiger partial charge on any atom is -0.495 e. The van der Waals surface area contributed by atoms with Crippen LogP contribution in [0.4, 0.5) is 10.5 Å². The largest absolute Gasteiger partial charge is 0.495 e. The van der Waals surface area contributed by atoms with Crippen molar-refractivity contribution < 1.29 is 9.53 Å². The highest BCUT2D eigenvalue weighted by Gasteiger charge is 2.12. The summed E-state index contributed by atoms with van der Waals surface area (Å²) in [4.78, 5) is 11.9. The van der Waals surface area contributed by atoms with E-state index in [9.17, 15) is 4.79 Å². The quantitative estimate of drug-likeness (QED) is 0.859. The Kier molecular flexibility index (Phi) is 5.96. The van der Waals surface area contributed by atoms with Crippen LogP contribution in [-0.4, -0.2) is 19.2 Å². The van der Waals surface area contributed by atoms with Gasteiger partial charge in [0.05, 0.1) is 12.8 Å². The monoisotopic (exact) mass is 284 g/mol. The number of carbonyl (C=O) groups excluding carboxylic acids is 1. The van der Waals surface area contributed by atoms with Gasteiger partial charge in [-0.2, -0.15) is 0 Å². The van der Waals surface area contributed by atoms with E-state index in [4.69, 9.17) is 16.3 Å². The lowest BCUT2D eigenvalue weighted by Crippen LogP contribution is -2.37. The number of amides is 2. The van der Waals surface area contributed by atoms with Crippen LogP contribution in [0.5, 0.6) is 5.75 Å². The summed E-state index contributed by atoms with van der Waals surface area (Å²) in [6.45, 7) is 5.97. The molecular weight excluding hydrogens is 264 g/mol. The van der Waals surface area contributed by atoms with Crippen LogP contribution in [0, 0.1) is 6.92 Å². The molecule has 1 rings (SSSR count). The van der Waals surface area contributed by atoms with E-state index in [0.717, 1.165) is 18.4 Å². The number of carbonyl (C=O) groups is 1. The number of nitrogens with one attached hydrogen (secondary N) is 2. The van der Waals surface area contributed by atoms with Crippen LogP contribution < -0.4 is 15.4 Å². The SMILES string of the molecule is CCC(CC)NC(=O)Nc1cc(C)c(Cl)cc1OC. The number of hydrogen-bond acceptors (Lipinski definition) is 2. The van der Waals surface area contributed by atoms with Crippen LogP contribution >= 0.6 is 11.6 Å². The van der Waals surface area contributed by atoms with Gasteiger partial charge in [0.1, 0.15) is 5.75 Å². The molecule has 0 unspecified atom stereocenters. The second-order valence-electron chi connectivity index (χ2n) is 4.41. The van der Waals surface area contributed by atoms with Crippen LogP contribution in [0.15, 0.2) is 12.1 Å². The average Bonchev–Trinajstić information content (AvgIpc) is 2.39. The number of halogens is 1. The Hall–Kier alpha value is -1.42. The molecule has 2 amide bonds. The Morgan fingerprint density at radius 2 is 2.00 bits per heavy atom. The Labute approximate surface area is 119 Å². The lowest BCUT2D eigenvalue weighted by Gasteiger charge is -2.17. The topological polar surface area (TPSA) is 50.4 Å². The standard InChI is InChI=1S/C14H21ClN2O2/c1-5-10(6-2)16-14(18)17-12-7-9(3)11(15)8-13(12)19-4/h7-8,10H,5-6H2,1-4H3,(H2,16,17,18). The van der Waals surface area contributed by atoms with E-state index in [1.807, 2.05) is 20.8 Å². The maximum atomic E-state index is 11.9. The molecule has 4 nitrogen and oxygen atoms in total. The minimum absolute atomic E-state index is 0.180. The molecule has 0 saturated carbocycles. The van der Waals surface area contributed by atoms with Gasteiger partial charge >= 0.3 is 6.03 Å². The second-order valence-corrected chi connectivity index (χ2v) is 4.82. The second kappa shape index (κ2) is 7.24. The number of anilines is 1. The zero-order chi connectivity index (χ0) is 14.4. The normalized spacial score (nSPS) is 10.4. The van der Waals surface area contributed by atoms with Gasteiger partial charge in [0.15, 0.2) is 0 Å². The zero-order valence-corrected chi connectivity index (χ0v) is 12.6. The molecule has 0 atom stereocenters. The Morgan fingerprint density at radius 1 is 1.37 bits per heavy atom. The first-order valence-electron chi connectivity index (χ1n) is 6.43. The first-order valence-corrected chi connectivity index (χ1v) is 6.81. The third-order valence-electron chi connectivity index (χ3n) is 3.05. The fourth-order valence-electron chi connectivity index (χ4n) is 1.77. The van der Waals surface area contributed by atoms with Crippen LogP contribution in [0.2, 0.25) is 5.02 Å². The van der Waals surface area contributed by atoms with Gasteiger partial charge in [0.2, 0.25) is 0 Å². The van der Waals surface area contributed by atoms with E-state index in [-0.39, 0.29) is 12.1 Å². The number of benzene rings is 1. The fraction of sp³-hybridized carbons (Fsp3) is 0.500. The predicted molar refractivity (Wildman–Crippen MR) is 79.3 cm³/mol. The van der Waals surface area contributed by atoms with E-state index >= 15 is 0 Å². The van der Waals surface area contributed by atoms with E-state index in [1.54, 1.807) is 19.2 Å². The molecule has 0 aliphatic carbocycles. The van der Waals surface area contributed by atoms with Gasteiger partial charge in [-0.3, -0.25) is 0 Å². The molecule has 1 aromatic carbocycles. The molecule has 0 radical (unpaired) electrons. The molecule has 0 fully saturated rings. The van der Waals surface area contributed by atoms with Crippen molar-refractivity contribution in [1.82, 2.24) is 5.32 Å². The van der Waals surface area contributed by atoms with Crippen molar-refractivity contribution in [1.29, 1.82) is 0 Å². The van der Waals surface area contributed by atoms with Crippen molar-refractivity contribution in [2.45, 2.75) is 39.7 Å². The smallest absolute Gasteiger partial charge is 0.319 e. The van der Waals surface area contributed by atoms with Crippen LogP contribution in [0.3, 0.4) is 0 Å². The highest BCUT2D eigenvalue weighted by Crippen LogP contribution is 2.30. The molecule has 5 heteroatoms. The van der Waals surface area contributed by atoms with Crippen molar-refractivity contribution in [3.63, 3.8) is 0 Å². The van der Waals surface area contributed by atoms with Crippen LogP contribution in [-0.2, 0) is 0 Å². The highest BCUT2D eigenvalue weighted by molar-refractivity contribution is 6.31. The summed E-state index contributed by atoms with van der Waals surface area (Å²) >= 11 is 6.02.